The van der Waals surface area contributed by atoms with Gasteiger partial charge in [-0.15, -0.1) is 11.3 Å². The van der Waals surface area contributed by atoms with E-state index in [0.717, 1.165) is 10.4 Å². The lowest BCUT2D eigenvalue weighted by Crippen LogP contribution is -2.30. The number of hydrogen-bond donors (Lipinski definition) is 2. The third-order valence-corrected chi connectivity index (χ3v) is 3.66. The fourth-order valence-electron chi connectivity index (χ4n) is 1.79. The van der Waals surface area contributed by atoms with Crippen molar-refractivity contribution in [3.8, 4) is 11.8 Å². The molecule has 0 spiro atoms. The number of carbonyl (C=O) groups excluding carboxylic acids is 1. The zero-order valence-corrected chi connectivity index (χ0v) is 12.2. The number of rotatable bonds is 3. The van der Waals surface area contributed by atoms with E-state index in [-0.39, 0.29) is 23.5 Å². The molecular formula is C15H14N2O3S. The van der Waals surface area contributed by atoms with Gasteiger partial charge in [0.15, 0.2) is 5.43 Å². The van der Waals surface area contributed by atoms with Gasteiger partial charge in [-0.25, -0.2) is 0 Å². The summed E-state index contributed by atoms with van der Waals surface area (Å²) in [6.45, 7) is 0.215. The van der Waals surface area contributed by atoms with Crippen LogP contribution in [0.15, 0.2) is 34.7 Å². The van der Waals surface area contributed by atoms with Gasteiger partial charge in [0.25, 0.3) is 5.91 Å². The molecule has 5 nitrogen and oxygen atoms in total. The van der Waals surface area contributed by atoms with Crippen molar-refractivity contribution in [1.29, 1.82) is 0 Å². The van der Waals surface area contributed by atoms with E-state index < -0.39 is 0 Å². The van der Waals surface area contributed by atoms with Gasteiger partial charge in [0, 0.05) is 32.1 Å². The van der Waals surface area contributed by atoms with Crippen LogP contribution in [0.3, 0.4) is 0 Å². The van der Waals surface area contributed by atoms with Crippen LogP contribution in [0.2, 0.25) is 0 Å². The number of thiophene rings is 1. The summed E-state index contributed by atoms with van der Waals surface area (Å²) in [5.74, 6) is 5.07. The Labute approximate surface area is 125 Å². The number of nitrogens with zero attached hydrogens (tertiary/aromatic N) is 1. The van der Waals surface area contributed by atoms with Crippen LogP contribution >= 0.6 is 11.3 Å². The van der Waals surface area contributed by atoms with Gasteiger partial charge < -0.3 is 15.0 Å². The minimum absolute atomic E-state index is 0.121. The summed E-state index contributed by atoms with van der Waals surface area (Å²) in [6.07, 6.45) is 2.90. The van der Waals surface area contributed by atoms with E-state index in [9.17, 15) is 9.59 Å². The average Bonchev–Trinajstić information content (AvgIpc) is 2.92. The molecule has 0 aliphatic heterocycles. The normalized spacial score (nSPS) is 9.81. The van der Waals surface area contributed by atoms with Crippen molar-refractivity contribution in [2.24, 2.45) is 0 Å². The van der Waals surface area contributed by atoms with Crippen molar-refractivity contribution in [1.82, 2.24) is 9.88 Å². The van der Waals surface area contributed by atoms with Gasteiger partial charge in [-0.05, 0) is 17.0 Å². The molecule has 2 rings (SSSR count). The van der Waals surface area contributed by atoms with Crippen molar-refractivity contribution >= 4 is 17.2 Å². The van der Waals surface area contributed by atoms with E-state index in [1.165, 1.54) is 34.7 Å². The van der Waals surface area contributed by atoms with Crippen molar-refractivity contribution in [2.75, 3.05) is 13.7 Å². The molecule has 1 amide bonds. The summed E-state index contributed by atoms with van der Waals surface area (Å²) < 4.78 is 0. The van der Waals surface area contributed by atoms with Crippen molar-refractivity contribution in [2.45, 2.75) is 6.54 Å². The fraction of sp³-hybridized carbons (Fsp3) is 0.200. The van der Waals surface area contributed by atoms with Crippen molar-refractivity contribution in [3.63, 3.8) is 0 Å². The van der Waals surface area contributed by atoms with E-state index in [1.54, 1.807) is 7.05 Å². The standard InChI is InChI=1S/C15H14N2O3S/c1-17(15(20)13-8-16-5-4-14(13)19)9-11-7-12(21-10-11)3-2-6-18/h4-5,7-8,10,18H,6,9H2,1H3,(H,16,19). The molecule has 6 heteroatoms. The summed E-state index contributed by atoms with van der Waals surface area (Å²) in [5, 5.41) is 10.6. The zero-order chi connectivity index (χ0) is 15.2. The smallest absolute Gasteiger partial charge is 0.259 e. The lowest BCUT2D eigenvalue weighted by Gasteiger charge is -2.15. The van der Waals surface area contributed by atoms with E-state index in [2.05, 4.69) is 16.8 Å². The highest BCUT2D eigenvalue weighted by molar-refractivity contribution is 7.10. The summed E-state index contributed by atoms with van der Waals surface area (Å²) in [4.78, 5) is 28.9. The molecule has 0 aliphatic carbocycles. The van der Waals surface area contributed by atoms with Gasteiger partial charge in [-0.3, -0.25) is 9.59 Å². The summed E-state index contributed by atoms with van der Waals surface area (Å²) in [6, 6.07) is 3.20. The van der Waals surface area contributed by atoms with Gasteiger partial charge in [0.05, 0.1) is 4.88 Å². The predicted octanol–water partition coefficient (Wildman–Crippen LogP) is 1.05. The van der Waals surface area contributed by atoms with Gasteiger partial charge in [0.1, 0.15) is 12.2 Å². The van der Waals surface area contributed by atoms with Gasteiger partial charge in [-0.1, -0.05) is 11.8 Å². The number of nitrogens with one attached hydrogen (secondary N) is 1. The fourth-order valence-corrected chi connectivity index (χ4v) is 2.56. The highest BCUT2D eigenvalue weighted by atomic mass is 32.1. The number of aromatic nitrogens is 1. The zero-order valence-electron chi connectivity index (χ0n) is 11.4. The first kappa shape index (κ1) is 15.0. The summed E-state index contributed by atoms with van der Waals surface area (Å²) >= 11 is 1.45. The second-order valence-electron chi connectivity index (χ2n) is 4.36. The SMILES string of the molecule is CN(Cc1csc(C#CCO)c1)C(=O)c1c[nH]ccc1=O. The molecule has 0 aromatic carbocycles. The number of aliphatic hydroxyl groups excluding tert-OH is 1. The van der Waals surface area contributed by atoms with Crippen LogP contribution in [0.4, 0.5) is 0 Å². The van der Waals surface area contributed by atoms with Crippen molar-refractivity contribution < 1.29 is 9.90 Å². The number of pyridine rings is 1. The maximum Gasteiger partial charge on any atom is 0.259 e. The molecular weight excluding hydrogens is 288 g/mol. The Hall–Kier alpha value is -2.36. The predicted molar refractivity (Wildman–Crippen MR) is 81.1 cm³/mol. The molecule has 2 aromatic rings. The monoisotopic (exact) mass is 302 g/mol. The van der Waals surface area contributed by atoms with Gasteiger partial charge in [-0.2, -0.15) is 0 Å². The Morgan fingerprint density at radius 2 is 2.33 bits per heavy atom. The van der Waals surface area contributed by atoms with Crippen LogP contribution in [0.5, 0.6) is 0 Å². The summed E-state index contributed by atoms with van der Waals surface area (Å²) in [5.41, 5.74) is 0.756. The lowest BCUT2D eigenvalue weighted by atomic mass is 10.2. The average molecular weight is 302 g/mol. The Balaban J connectivity index is 2.09. The number of carbonyl (C=O) groups is 1. The van der Waals surface area contributed by atoms with Crippen molar-refractivity contribution in [3.05, 3.63) is 56.1 Å². The molecule has 2 N–H and O–H groups in total. The molecule has 0 atom stereocenters. The van der Waals surface area contributed by atoms with Crippen LogP contribution in [-0.4, -0.2) is 34.6 Å². The third kappa shape index (κ3) is 3.81. The number of H-pyrrole nitrogens is 1. The first-order valence-electron chi connectivity index (χ1n) is 6.21. The molecule has 21 heavy (non-hydrogen) atoms. The molecule has 0 aliphatic rings. The van der Waals surface area contributed by atoms with E-state index >= 15 is 0 Å². The van der Waals surface area contributed by atoms with Crippen LogP contribution in [-0.2, 0) is 6.54 Å². The molecule has 0 unspecified atom stereocenters. The lowest BCUT2D eigenvalue weighted by molar-refractivity contribution is 0.0783. The summed E-state index contributed by atoms with van der Waals surface area (Å²) in [7, 11) is 1.64. The first-order valence-corrected chi connectivity index (χ1v) is 7.09. The Morgan fingerprint density at radius 1 is 1.52 bits per heavy atom. The van der Waals surface area contributed by atoms with Gasteiger partial charge >= 0.3 is 0 Å². The third-order valence-electron chi connectivity index (χ3n) is 2.77. The molecule has 2 heterocycles. The molecule has 0 fully saturated rings. The van der Waals surface area contributed by atoms with E-state index in [4.69, 9.17) is 5.11 Å². The number of amides is 1. The first-order chi connectivity index (χ1) is 10.1. The molecule has 0 bridgehead atoms. The van der Waals surface area contributed by atoms with E-state index in [1.807, 2.05) is 11.4 Å². The highest BCUT2D eigenvalue weighted by Gasteiger charge is 2.15. The van der Waals surface area contributed by atoms with Crippen LogP contribution < -0.4 is 5.43 Å². The highest BCUT2D eigenvalue weighted by Crippen LogP contribution is 2.15. The Morgan fingerprint density at radius 3 is 3.05 bits per heavy atom. The minimum atomic E-state index is -0.328. The molecule has 2 aromatic heterocycles. The number of hydrogen-bond acceptors (Lipinski definition) is 4. The maximum absolute atomic E-state index is 12.2. The Bertz CT molecular complexity index is 752. The van der Waals surface area contributed by atoms with Crippen LogP contribution in [0, 0.1) is 11.8 Å². The van der Waals surface area contributed by atoms with Crippen LogP contribution in [0.25, 0.3) is 0 Å². The largest absolute Gasteiger partial charge is 0.384 e. The molecule has 0 radical (unpaired) electrons. The number of aromatic amines is 1. The second-order valence-corrected chi connectivity index (χ2v) is 5.27. The number of aliphatic hydroxyl groups is 1. The second kappa shape index (κ2) is 6.88. The molecule has 0 saturated heterocycles. The minimum Gasteiger partial charge on any atom is -0.384 e. The van der Waals surface area contributed by atoms with Gasteiger partial charge in [0.2, 0.25) is 0 Å². The van der Waals surface area contributed by atoms with E-state index in [0.29, 0.717) is 6.54 Å². The van der Waals surface area contributed by atoms with Crippen LogP contribution in [0.1, 0.15) is 20.8 Å². The topological polar surface area (TPSA) is 73.4 Å². The maximum atomic E-state index is 12.2. The molecule has 0 saturated carbocycles. The molecule has 108 valence electrons. The Kier molecular flexibility index (Phi) is 4.93. The quantitative estimate of drug-likeness (QED) is 0.832.